The summed E-state index contributed by atoms with van der Waals surface area (Å²) in [6.07, 6.45) is 1.57. The number of pyridine rings is 1. The summed E-state index contributed by atoms with van der Waals surface area (Å²) in [5.74, 6) is -0.617. The van der Waals surface area contributed by atoms with E-state index in [1.807, 2.05) is 62.4 Å². The lowest BCUT2D eigenvalue weighted by atomic mass is 10.1. The second-order valence-electron chi connectivity index (χ2n) is 7.73. The fourth-order valence-corrected chi connectivity index (χ4v) is 3.59. The molecule has 4 rings (SSSR count). The number of nitrogens with zero attached hydrogens (tertiary/aromatic N) is 3. The van der Waals surface area contributed by atoms with Gasteiger partial charge in [-0.25, -0.2) is 9.67 Å². The van der Waals surface area contributed by atoms with Crippen molar-refractivity contribution in [2.24, 2.45) is 0 Å². The van der Waals surface area contributed by atoms with Crippen molar-refractivity contribution in [3.05, 3.63) is 94.9 Å². The molecule has 0 unspecified atom stereocenters. The smallest absolute Gasteiger partial charge is 0.297 e. The first-order chi connectivity index (χ1) is 15.9. The zero-order chi connectivity index (χ0) is 23.5. The summed E-state index contributed by atoms with van der Waals surface area (Å²) in [6.45, 7) is 7.42. The Hall–Kier alpha value is -4.26. The molecular weight excluding hydrogens is 416 g/mol. The molecule has 2 heterocycles. The number of carbonyl (C=O) groups excluding carboxylic acids is 2. The molecule has 7 nitrogen and oxygen atoms in total. The molecule has 33 heavy (non-hydrogen) atoms. The van der Waals surface area contributed by atoms with Crippen molar-refractivity contribution in [1.29, 1.82) is 0 Å². The summed E-state index contributed by atoms with van der Waals surface area (Å²) in [7, 11) is 0. The highest BCUT2D eigenvalue weighted by atomic mass is 16.5. The van der Waals surface area contributed by atoms with Crippen molar-refractivity contribution >= 4 is 17.4 Å². The summed E-state index contributed by atoms with van der Waals surface area (Å²) in [4.78, 5) is 30.2. The summed E-state index contributed by atoms with van der Waals surface area (Å²) in [5.41, 5.74) is 4.52. The van der Waals surface area contributed by atoms with Crippen LogP contribution >= 0.6 is 0 Å². The first-order valence-corrected chi connectivity index (χ1v) is 10.5. The Morgan fingerprint density at radius 3 is 2.42 bits per heavy atom. The lowest BCUT2D eigenvalue weighted by Gasteiger charge is -2.13. The van der Waals surface area contributed by atoms with E-state index in [1.54, 1.807) is 36.9 Å². The van der Waals surface area contributed by atoms with Gasteiger partial charge in [-0.1, -0.05) is 30.3 Å². The molecule has 2 aromatic carbocycles. The average Bonchev–Trinajstić information content (AvgIpc) is 3.12. The topological polar surface area (TPSA) is 86.1 Å². The van der Waals surface area contributed by atoms with Gasteiger partial charge in [0.15, 0.2) is 0 Å². The standard InChI is InChI=1S/C26H24N4O3/c1-16-10-8-14-22(17(16)2)33-26-21(13-9-15-27-26)28-25(32)24(31)23-18(3)29-30(19(23)4)20-11-6-5-7-12-20/h5-15H,1-4H3,(H,28,32). The van der Waals surface area contributed by atoms with Crippen molar-refractivity contribution in [1.82, 2.24) is 14.8 Å². The van der Waals surface area contributed by atoms with Gasteiger partial charge in [-0.2, -0.15) is 5.10 Å². The highest BCUT2D eigenvalue weighted by Gasteiger charge is 2.26. The molecule has 0 bridgehead atoms. The number of aromatic nitrogens is 3. The molecule has 1 N–H and O–H groups in total. The van der Waals surface area contributed by atoms with Crippen LogP contribution in [0.3, 0.4) is 0 Å². The van der Waals surface area contributed by atoms with E-state index in [2.05, 4.69) is 15.4 Å². The molecule has 0 aliphatic rings. The first kappa shape index (κ1) is 22.0. The van der Waals surface area contributed by atoms with Crippen LogP contribution in [0.2, 0.25) is 0 Å². The van der Waals surface area contributed by atoms with Crippen molar-refractivity contribution in [2.45, 2.75) is 27.7 Å². The lowest BCUT2D eigenvalue weighted by molar-refractivity contribution is -0.112. The summed E-state index contributed by atoms with van der Waals surface area (Å²) >= 11 is 0. The fraction of sp³-hybridized carbons (Fsp3) is 0.154. The number of nitrogens with one attached hydrogen (secondary N) is 1. The van der Waals surface area contributed by atoms with Crippen LogP contribution in [0.25, 0.3) is 5.69 Å². The third-order valence-electron chi connectivity index (χ3n) is 5.51. The van der Waals surface area contributed by atoms with Crippen LogP contribution in [0.1, 0.15) is 32.9 Å². The normalized spacial score (nSPS) is 10.7. The van der Waals surface area contributed by atoms with E-state index in [0.717, 1.165) is 16.8 Å². The molecule has 2 aromatic heterocycles. The van der Waals surface area contributed by atoms with Crippen LogP contribution < -0.4 is 10.1 Å². The third-order valence-corrected chi connectivity index (χ3v) is 5.51. The van der Waals surface area contributed by atoms with E-state index in [-0.39, 0.29) is 11.4 Å². The van der Waals surface area contributed by atoms with Gasteiger partial charge in [-0.3, -0.25) is 9.59 Å². The Labute approximate surface area is 192 Å². The number of aryl methyl sites for hydroxylation is 2. The quantitative estimate of drug-likeness (QED) is 0.332. The predicted molar refractivity (Wildman–Crippen MR) is 126 cm³/mol. The van der Waals surface area contributed by atoms with E-state index in [1.165, 1.54) is 0 Å². The number of ketones is 1. The summed E-state index contributed by atoms with van der Waals surface area (Å²) in [6, 6.07) is 18.5. The molecule has 0 saturated heterocycles. The Bertz CT molecular complexity index is 1340. The molecule has 0 aliphatic heterocycles. The van der Waals surface area contributed by atoms with Crippen molar-refractivity contribution in [3.63, 3.8) is 0 Å². The predicted octanol–water partition coefficient (Wildman–Crippen LogP) is 5.11. The van der Waals surface area contributed by atoms with E-state index < -0.39 is 11.7 Å². The van der Waals surface area contributed by atoms with Gasteiger partial charge in [0.05, 0.1) is 22.6 Å². The molecule has 0 fully saturated rings. The SMILES string of the molecule is Cc1cccc(Oc2ncccc2NC(=O)C(=O)c2c(C)nn(-c3ccccc3)c2C)c1C. The maximum absolute atomic E-state index is 13.1. The van der Waals surface area contributed by atoms with Crippen LogP contribution in [0.4, 0.5) is 5.69 Å². The van der Waals surface area contributed by atoms with Crippen LogP contribution in [0.15, 0.2) is 66.9 Å². The fourth-order valence-electron chi connectivity index (χ4n) is 3.59. The minimum absolute atomic E-state index is 0.209. The zero-order valence-corrected chi connectivity index (χ0v) is 18.9. The number of para-hydroxylation sites is 1. The molecule has 0 spiro atoms. The first-order valence-electron chi connectivity index (χ1n) is 10.5. The maximum atomic E-state index is 13.1. The second-order valence-corrected chi connectivity index (χ2v) is 7.73. The zero-order valence-electron chi connectivity index (χ0n) is 18.9. The monoisotopic (exact) mass is 440 g/mol. The number of carbonyl (C=O) groups is 2. The van der Waals surface area contributed by atoms with E-state index in [4.69, 9.17) is 4.74 Å². The Balaban J connectivity index is 1.59. The van der Waals surface area contributed by atoms with Crippen LogP contribution in [0.5, 0.6) is 11.6 Å². The summed E-state index contributed by atoms with van der Waals surface area (Å²) in [5, 5.41) is 7.11. The van der Waals surface area contributed by atoms with Gasteiger partial charge in [0.2, 0.25) is 5.88 Å². The Morgan fingerprint density at radius 1 is 0.909 bits per heavy atom. The van der Waals surface area contributed by atoms with Crippen LogP contribution in [-0.2, 0) is 4.79 Å². The minimum Gasteiger partial charge on any atom is -0.437 e. The molecule has 166 valence electrons. The van der Waals surface area contributed by atoms with Crippen LogP contribution in [0, 0.1) is 27.7 Å². The summed E-state index contributed by atoms with van der Waals surface area (Å²) < 4.78 is 7.62. The lowest BCUT2D eigenvalue weighted by Crippen LogP contribution is -2.24. The number of benzene rings is 2. The Kier molecular flexibility index (Phi) is 6.04. The van der Waals surface area contributed by atoms with Crippen molar-refractivity contribution < 1.29 is 14.3 Å². The van der Waals surface area contributed by atoms with Gasteiger partial charge in [-0.15, -0.1) is 0 Å². The van der Waals surface area contributed by atoms with E-state index in [9.17, 15) is 9.59 Å². The molecule has 4 aromatic rings. The van der Waals surface area contributed by atoms with Gasteiger partial charge < -0.3 is 10.1 Å². The van der Waals surface area contributed by atoms with Gasteiger partial charge in [0.25, 0.3) is 11.7 Å². The largest absolute Gasteiger partial charge is 0.437 e. The molecule has 0 saturated carbocycles. The number of hydrogen-bond donors (Lipinski definition) is 1. The number of hydrogen-bond acceptors (Lipinski definition) is 5. The third kappa shape index (κ3) is 4.39. The highest BCUT2D eigenvalue weighted by Crippen LogP contribution is 2.30. The molecule has 1 amide bonds. The Morgan fingerprint density at radius 2 is 1.67 bits per heavy atom. The number of Topliss-reactive ketones (excluding diaryl/α,β-unsaturated/α-hetero) is 1. The molecule has 0 radical (unpaired) electrons. The van der Waals surface area contributed by atoms with Gasteiger partial charge in [0, 0.05) is 6.20 Å². The van der Waals surface area contributed by atoms with Crippen molar-refractivity contribution in [2.75, 3.05) is 5.32 Å². The number of anilines is 1. The van der Waals surface area contributed by atoms with E-state index >= 15 is 0 Å². The number of amides is 1. The molecular formula is C26H24N4O3. The van der Waals surface area contributed by atoms with Gasteiger partial charge >= 0.3 is 0 Å². The van der Waals surface area contributed by atoms with Gasteiger partial charge in [0.1, 0.15) is 11.4 Å². The second kappa shape index (κ2) is 9.08. The average molecular weight is 441 g/mol. The van der Waals surface area contributed by atoms with Gasteiger partial charge in [-0.05, 0) is 69.2 Å². The maximum Gasteiger partial charge on any atom is 0.297 e. The number of rotatable bonds is 6. The molecule has 0 aliphatic carbocycles. The van der Waals surface area contributed by atoms with Crippen molar-refractivity contribution in [3.8, 4) is 17.3 Å². The van der Waals surface area contributed by atoms with Crippen LogP contribution in [-0.4, -0.2) is 26.5 Å². The highest BCUT2D eigenvalue weighted by molar-refractivity contribution is 6.47. The minimum atomic E-state index is -0.785. The molecule has 0 atom stereocenters. The van der Waals surface area contributed by atoms with E-state index in [0.29, 0.717) is 22.8 Å². The molecule has 7 heteroatoms. The number of ether oxygens (including phenoxy) is 1.